The van der Waals surface area contributed by atoms with E-state index in [2.05, 4.69) is 15.3 Å². The maximum Gasteiger partial charge on any atom is 0.225 e. The minimum atomic E-state index is -0.789. The molecule has 1 fully saturated rings. The number of aliphatic hydroxyl groups is 1. The normalized spacial score (nSPS) is 16.1. The standard InChI is InChI=1S/C28H39ClF2N6O3/c1-7-21(39)36-10-12-37(13-11-36)27-19-14-20(29)24(23(18(4)30)17(3)16(2)15-38)25(31)26(19)33-28(34-27)32-9-8-22(40)35(5)6/h14,16-17,38H,7-13,15H2,1-6H3,(H,32,33,34)/b23-18-/t16-,17+/m1/s1. The molecule has 0 bridgehead atoms. The second kappa shape index (κ2) is 13.5. The first-order valence-corrected chi connectivity index (χ1v) is 13.9. The van der Waals surface area contributed by atoms with Crippen LogP contribution in [0.2, 0.25) is 5.02 Å². The van der Waals surface area contributed by atoms with E-state index in [0.29, 0.717) is 43.8 Å². The maximum absolute atomic E-state index is 16.4. The van der Waals surface area contributed by atoms with E-state index in [-0.39, 0.29) is 64.9 Å². The zero-order chi connectivity index (χ0) is 29.7. The van der Waals surface area contributed by atoms with Crippen LogP contribution in [0.1, 0.15) is 46.1 Å². The number of carbonyl (C=O) groups excluding carboxylic acids is 2. The summed E-state index contributed by atoms with van der Waals surface area (Å²) in [6.07, 6.45) is 0.595. The molecule has 3 rings (SSSR count). The molecule has 0 radical (unpaired) electrons. The first kappa shape index (κ1) is 31.5. The van der Waals surface area contributed by atoms with E-state index in [1.54, 1.807) is 38.9 Å². The molecule has 0 spiro atoms. The molecule has 1 aromatic heterocycles. The van der Waals surface area contributed by atoms with Gasteiger partial charge in [0.05, 0.1) is 5.02 Å². The quantitative estimate of drug-likeness (QED) is 0.431. The number of hydrogen-bond acceptors (Lipinski definition) is 7. The number of amides is 2. The van der Waals surface area contributed by atoms with Crippen LogP contribution in [0.3, 0.4) is 0 Å². The van der Waals surface area contributed by atoms with Crippen molar-refractivity contribution in [3.8, 4) is 0 Å². The van der Waals surface area contributed by atoms with E-state index in [4.69, 9.17) is 11.6 Å². The molecule has 2 aromatic rings. The van der Waals surface area contributed by atoms with Crippen molar-refractivity contribution in [1.82, 2.24) is 19.8 Å². The summed E-state index contributed by atoms with van der Waals surface area (Å²) >= 11 is 6.63. The molecule has 9 nitrogen and oxygen atoms in total. The molecule has 1 aliphatic heterocycles. The molecule has 220 valence electrons. The predicted octanol–water partition coefficient (Wildman–Crippen LogP) is 4.34. The number of halogens is 3. The zero-order valence-corrected chi connectivity index (χ0v) is 24.8. The zero-order valence-electron chi connectivity index (χ0n) is 24.0. The molecule has 1 saturated heterocycles. The number of fused-ring (bicyclic) bond motifs is 1. The lowest BCUT2D eigenvalue weighted by Gasteiger charge is -2.36. The molecule has 2 heterocycles. The molecule has 0 saturated carbocycles. The molecular weight excluding hydrogens is 542 g/mol. The average molecular weight is 581 g/mol. The van der Waals surface area contributed by atoms with Crippen molar-refractivity contribution in [2.75, 3.05) is 63.6 Å². The SMILES string of the molecule is CCC(=O)N1CCN(c2nc(NCCC(=O)N(C)C)nc3c(F)c(/C(=C(/C)F)[C@@H](C)[C@H](C)CO)c(Cl)cc23)CC1. The Hall–Kier alpha value is -3.05. The first-order chi connectivity index (χ1) is 18.9. The van der Waals surface area contributed by atoms with Gasteiger partial charge in [-0.25, -0.2) is 13.8 Å². The van der Waals surface area contributed by atoms with Gasteiger partial charge in [0, 0.05) is 77.2 Å². The number of aliphatic hydroxyl groups excluding tert-OH is 1. The Morgan fingerprint density at radius 3 is 2.40 bits per heavy atom. The van der Waals surface area contributed by atoms with Crippen LogP contribution in [-0.2, 0) is 9.59 Å². The monoisotopic (exact) mass is 580 g/mol. The minimum Gasteiger partial charge on any atom is -0.396 e. The molecular formula is C28H39ClF2N6O3. The van der Waals surface area contributed by atoms with Gasteiger partial charge in [0.15, 0.2) is 5.82 Å². The van der Waals surface area contributed by atoms with Crippen LogP contribution >= 0.6 is 11.6 Å². The van der Waals surface area contributed by atoms with Crippen LogP contribution in [0.4, 0.5) is 20.5 Å². The van der Waals surface area contributed by atoms with Gasteiger partial charge in [-0.15, -0.1) is 0 Å². The number of aromatic nitrogens is 2. The Balaban J connectivity index is 2.14. The van der Waals surface area contributed by atoms with Crippen LogP contribution in [0.15, 0.2) is 11.9 Å². The van der Waals surface area contributed by atoms with Crippen LogP contribution < -0.4 is 10.2 Å². The van der Waals surface area contributed by atoms with Gasteiger partial charge in [-0.2, -0.15) is 4.98 Å². The van der Waals surface area contributed by atoms with Crippen LogP contribution in [0, 0.1) is 17.7 Å². The molecule has 2 atom stereocenters. The first-order valence-electron chi connectivity index (χ1n) is 13.5. The van der Waals surface area contributed by atoms with E-state index >= 15 is 4.39 Å². The van der Waals surface area contributed by atoms with Crippen LogP contribution in [0.25, 0.3) is 16.5 Å². The van der Waals surface area contributed by atoms with Crippen molar-refractivity contribution in [3.63, 3.8) is 0 Å². The lowest BCUT2D eigenvalue weighted by Crippen LogP contribution is -2.49. The van der Waals surface area contributed by atoms with E-state index in [9.17, 15) is 19.1 Å². The summed E-state index contributed by atoms with van der Waals surface area (Å²) in [5.41, 5.74) is -0.0666. The van der Waals surface area contributed by atoms with Gasteiger partial charge < -0.3 is 25.1 Å². The summed E-state index contributed by atoms with van der Waals surface area (Å²) in [5.74, 6) is -1.74. The summed E-state index contributed by atoms with van der Waals surface area (Å²) in [5, 5.41) is 13.1. The summed E-state index contributed by atoms with van der Waals surface area (Å²) in [6.45, 7) is 8.46. The number of piperazine rings is 1. The Morgan fingerprint density at radius 2 is 1.85 bits per heavy atom. The highest BCUT2D eigenvalue weighted by atomic mass is 35.5. The number of nitrogens with one attached hydrogen (secondary N) is 1. The van der Waals surface area contributed by atoms with Crippen LogP contribution in [0.5, 0.6) is 0 Å². The molecule has 12 heteroatoms. The Bertz CT molecular complexity index is 1280. The third-order valence-electron chi connectivity index (χ3n) is 7.46. The minimum absolute atomic E-state index is 0.0101. The number of carbonyl (C=O) groups is 2. The fourth-order valence-corrected chi connectivity index (χ4v) is 5.09. The summed E-state index contributed by atoms with van der Waals surface area (Å²) in [6, 6.07) is 1.55. The summed E-state index contributed by atoms with van der Waals surface area (Å²) in [4.78, 5) is 38.5. The van der Waals surface area contributed by atoms with E-state index in [1.807, 2.05) is 11.8 Å². The summed E-state index contributed by atoms with van der Waals surface area (Å²) in [7, 11) is 3.32. The number of allylic oxidation sites excluding steroid dienone is 2. The summed E-state index contributed by atoms with van der Waals surface area (Å²) < 4.78 is 31.3. The molecule has 2 N–H and O–H groups in total. The lowest BCUT2D eigenvalue weighted by molar-refractivity contribution is -0.131. The lowest BCUT2D eigenvalue weighted by atomic mass is 9.84. The smallest absolute Gasteiger partial charge is 0.225 e. The van der Waals surface area contributed by atoms with Gasteiger partial charge in [0.25, 0.3) is 0 Å². The Morgan fingerprint density at radius 1 is 1.20 bits per heavy atom. The van der Waals surface area contributed by atoms with Crippen LogP contribution in [-0.4, -0.2) is 90.1 Å². The van der Waals surface area contributed by atoms with Crippen molar-refractivity contribution < 1.29 is 23.5 Å². The third-order valence-corrected chi connectivity index (χ3v) is 7.75. The van der Waals surface area contributed by atoms with Gasteiger partial charge in [-0.05, 0) is 30.4 Å². The highest BCUT2D eigenvalue weighted by molar-refractivity contribution is 6.33. The fraction of sp³-hybridized carbons (Fsp3) is 0.571. The number of anilines is 2. The number of rotatable bonds is 10. The van der Waals surface area contributed by atoms with Gasteiger partial charge >= 0.3 is 0 Å². The van der Waals surface area contributed by atoms with Gasteiger partial charge in [-0.1, -0.05) is 32.4 Å². The number of nitrogens with zero attached hydrogens (tertiary/aromatic N) is 5. The second-order valence-corrected chi connectivity index (χ2v) is 10.8. The topological polar surface area (TPSA) is 102 Å². The van der Waals surface area contributed by atoms with Crippen molar-refractivity contribution >= 4 is 51.7 Å². The van der Waals surface area contributed by atoms with Gasteiger partial charge in [0.1, 0.15) is 17.2 Å². The maximum atomic E-state index is 16.4. The number of benzene rings is 1. The molecule has 1 aliphatic rings. The number of hydrogen-bond donors (Lipinski definition) is 2. The molecule has 0 unspecified atom stereocenters. The van der Waals surface area contributed by atoms with Gasteiger partial charge in [0.2, 0.25) is 17.8 Å². The van der Waals surface area contributed by atoms with Gasteiger partial charge in [-0.3, -0.25) is 9.59 Å². The molecule has 40 heavy (non-hydrogen) atoms. The van der Waals surface area contributed by atoms with E-state index in [0.717, 1.165) is 0 Å². The highest BCUT2D eigenvalue weighted by Gasteiger charge is 2.29. The fourth-order valence-electron chi connectivity index (χ4n) is 4.80. The Labute approximate surface area is 239 Å². The highest BCUT2D eigenvalue weighted by Crippen LogP contribution is 2.41. The van der Waals surface area contributed by atoms with Crippen molar-refractivity contribution in [3.05, 3.63) is 28.3 Å². The van der Waals surface area contributed by atoms with E-state index < -0.39 is 17.6 Å². The molecule has 0 aliphatic carbocycles. The van der Waals surface area contributed by atoms with Crippen molar-refractivity contribution in [2.45, 2.75) is 40.5 Å². The largest absolute Gasteiger partial charge is 0.396 e. The van der Waals surface area contributed by atoms with E-state index in [1.165, 1.54) is 11.8 Å². The predicted molar refractivity (Wildman–Crippen MR) is 155 cm³/mol. The van der Waals surface area contributed by atoms with Crippen molar-refractivity contribution in [2.24, 2.45) is 11.8 Å². The molecule has 1 aromatic carbocycles. The molecule has 2 amide bonds. The van der Waals surface area contributed by atoms with Crippen molar-refractivity contribution in [1.29, 1.82) is 0 Å². The Kier molecular flexibility index (Phi) is 10.7. The third kappa shape index (κ3) is 6.80. The average Bonchev–Trinajstić information content (AvgIpc) is 2.93. The second-order valence-electron chi connectivity index (χ2n) is 10.4.